The Morgan fingerprint density at radius 3 is 2.48 bits per heavy atom. The maximum atomic E-state index is 5.70. The van der Waals surface area contributed by atoms with Crippen LogP contribution in [0.25, 0.3) is 42.9 Å². The van der Waals surface area contributed by atoms with Gasteiger partial charge in [-0.05, 0) is 48.7 Å². The average molecular weight is 371 g/mol. The fourth-order valence-corrected chi connectivity index (χ4v) is 4.64. The monoisotopic (exact) mass is 371 g/mol. The highest BCUT2D eigenvalue weighted by Gasteiger charge is 2.22. The maximum Gasteiger partial charge on any atom is 0.140 e. The second-order valence-corrected chi connectivity index (χ2v) is 7.58. The number of hydrogen-bond donors (Lipinski definition) is 0. The van der Waals surface area contributed by atoms with E-state index in [1.54, 1.807) is 18.4 Å². The molecule has 3 aromatic rings. The van der Waals surface area contributed by atoms with Crippen LogP contribution < -0.4 is 4.74 Å². The van der Waals surface area contributed by atoms with Gasteiger partial charge in [-0.15, -0.1) is 11.3 Å². The molecule has 2 aliphatic rings. The van der Waals surface area contributed by atoms with Crippen molar-refractivity contribution in [2.24, 2.45) is 0 Å². The summed E-state index contributed by atoms with van der Waals surface area (Å²) in [6.07, 6.45) is 0. The molecule has 4 heteroatoms. The number of thiophene rings is 1. The summed E-state index contributed by atoms with van der Waals surface area (Å²) < 4.78 is 12.3. The van der Waals surface area contributed by atoms with Crippen LogP contribution in [0.2, 0.25) is 0 Å². The second-order valence-electron chi connectivity index (χ2n) is 6.50. The van der Waals surface area contributed by atoms with Gasteiger partial charge in [0.25, 0.3) is 0 Å². The molecule has 132 valence electrons. The normalized spacial score (nSPS) is 11.3. The number of nitrogens with zero attached hydrogens (tertiary/aromatic N) is 1. The Kier molecular flexibility index (Phi) is 3.73. The zero-order valence-electron chi connectivity index (χ0n) is 15.0. The minimum absolute atomic E-state index is 0.826. The minimum atomic E-state index is 0.826. The van der Waals surface area contributed by atoms with Gasteiger partial charge in [-0.1, -0.05) is 35.5 Å². The van der Waals surface area contributed by atoms with Gasteiger partial charge in [-0.3, -0.25) is 0 Å². The van der Waals surface area contributed by atoms with Gasteiger partial charge in [0.2, 0.25) is 0 Å². The van der Waals surface area contributed by atoms with Crippen molar-refractivity contribution in [2.75, 3.05) is 7.11 Å². The first kappa shape index (κ1) is 16.1. The predicted octanol–water partition coefficient (Wildman–Crippen LogP) is 6.65. The molecule has 0 N–H and O–H groups in total. The third-order valence-corrected chi connectivity index (χ3v) is 6.04. The molecule has 1 aromatic heterocycles. The number of aromatic nitrogens is 1. The second kappa shape index (κ2) is 6.25. The predicted molar refractivity (Wildman–Crippen MR) is 111 cm³/mol. The molecule has 5 rings (SSSR count). The van der Waals surface area contributed by atoms with E-state index in [0.717, 1.165) is 33.9 Å². The quantitative estimate of drug-likeness (QED) is 0.356. The molecule has 1 aliphatic carbocycles. The molecule has 3 nitrogen and oxygen atoms in total. The van der Waals surface area contributed by atoms with E-state index in [1.165, 1.54) is 20.5 Å². The first-order valence-electron chi connectivity index (χ1n) is 8.77. The summed E-state index contributed by atoms with van der Waals surface area (Å²) in [4.78, 5) is 1.25. The lowest BCUT2D eigenvalue weighted by atomic mass is 10.00. The number of rotatable bonds is 3. The van der Waals surface area contributed by atoms with E-state index in [4.69, 9.17) is 9.26 Å². The summed E-state index contributed by atoms with van der Waals surface area (Å²) in [5.74, 6) is 1.66. The zero-order chi connectivity index (χ0) is 18.4. The Morgan fingerprint density at radius 2 is 1.70 bits per heavy atom. The molecule has 0 radical (unpaired) electrons. The molecule has 0 spiro atoms. The minimum Gasteiger partial charge on any atom is -0.497 e. The van der Waals surface area contributed by atoms with Gasteiger partial charge < -0.3 is 9.26 Å². The Labute approximate surface area is 161 Å². The van der Waals surface area contributed by atoms with E-state index in [2.05, 4.69) is 47.6 Å². The Morgan fingerprint density at radius 1 is 0.926 bits per heavy atom. The van der Waals surface area contributed by atoms with Gasteiger partial charge >= 0.3 is 0 Å². The number of aryl methyl sites for hydroxylation is 1. The summed E-state index contributed by atoms with van der Waals surface area (Å²) in [5, 5.41) is 5.64. The highest BCUT2D eigenvalue weighted by atomic mass is 32.1. The summed E-state index contributed by atoms with van der Waals surface area (Å²) in [6, 6.07) is 23.0. The highest BCUT2D eigenvalue weighted by Crippen LogP contribution is 2.45. The van der Waals surface area contributed by atoms with Crippen molar-refractivity contribution in [1.82, 2.24) is 5.16 Å². The highest BCUT2D eigenvalue weighted by molar-refractivity contribution is 7.22. The van der Waals surface area contributed by atoms with Gasteiger partial charge in [0, 0.05) is 31.8 Å². The van der Waals surface area contributed by atoms with E-state index in [-0.39, 0.29) is 0 Å². The lowest BCUT2D eigenvalue weighted by Crippen LogP contribution is -1.92. The summed E-state index contributed by atoms with van der Waals surface area (Å²) in [7, 11) is 1.67. The first-order chi connectivity index (χ1) is 13.2. The van der Waals surface area contributed by atoms with E-state index in [9.17, 15) is 0 Å². The van der Waals surface area contributed by atoms with Crippen LogP contribution >= 0.6 is 11.3 Å². The number of fused-ring (bicyclic) bond motifs is 2. The van der Waals surface area contributed by atoms with Crippen molar-refractivity contribution in [2.45, 2.75) is 6.92 Å². The fourth-order valence-electron chi connectivity index (χ4n) is 3.54. The third kappa shape index (κ3) is 2.61. The largest absolute Gasteiger partial charge is 0.497 e. The molecule has 0 fully saturated rings. The van der Waals surface area contributed by atoms with E-state index in [1.807, 2.05) is 31.2 Å². The number of methoxy groups -OCH3 is 1. The standard InChI is InChI=1S/C23H17NO2S/c1-14-22-18(21-13-16-5-3-4-6-20(16)27-21)11-12-19(22)23(24-26-14)15-7-9-17(25-2)10-8-15/h3-13H,1-2H3. The Hall–Kier alpha value is -3.11. The molecule has 2 heterocycles. The van der Waals surface area contributed by atoms with Crippen molar-refractivity contribution in [3.05, 3.63) is 72.5 Å². The average Bonchev–Trinajstić information content (AvgIpc) is 3.33. The van der Waals surface area contributed by atoms with Crippen molar-refractivity contribution < 1.29 is 9.26 Å². The molecule has 27 heavy (non-hydrogen) atoms. The van der Waals surface area contributed by atoms with Crippen molar-refractivity contribution >= 4 is 21.4 Å². The van der Waals surface area contributed by atoms with Crippen molar-refractivity contribution in [3.8, 4) is 38.6 Å². The molecule has 2 aromatic carbocycles. The smallest absolute Gasteiger partial charge is 0.140 e. The molecule has 0 amide bonds. The van der Waals surface area contributed by atoms with Crippen LogP contribution in [0, 0.1) is 6.92 Å². The Balaban J connectivity index is 1.66. The van der Waals surface area contributed by atoms with Crippen LogP contribution in [0.5, 0.6) is 5.75 Å². The van der Waals surface area contributed by atoms with Gasteiger partial charge in [-0.25, -0.2) is 0 Å². The van der Waals surface area contributed by atoms with Crippen LogP contribution in [0.4, 0.5) is 0 Å². The molecule has 1 aliphatic heterocycles. The fraction of sp³-hybridized carbons (Fsp3) is 0.0870. The topological polar surface area (TPSA) is 35.3 Å². The van der Waals surface area contributed by atoms with Gasteiger partial charge in [0.05, 0.1) is 7.11 Å². The Bertz CT molecular complexity index is 1180. The van der Waals surface area contributed by atoms with Crippen molar-refractivity contribution in [3.63, 3.8) is 0 Å². The SMILES string of the molecule is COc1ccc(-c2noc(C)c3c(-c4cc5ccccc5s4)ccc2-3)cc1. The molecular weight excluding hydrogens is 354 g/mol. The number of ether oxygens (including phenoxy) is 1. The third-order valence-electron chi connectivity index (χ3n) is 4.89. The van der Waals surface area contributed by atoms with E-state index < -0.39 is 0 Å². The molecular formula is C23H17NO2S. The zero-order valence-corrected chi connectivity index (χ0v) is 15.8. The van der Waals surface area contributed by atoms with Crippen LogP contribution in [-0.2, 0) is 0 Å². The number of benzene rings is 2. The van der Waals surface area contributed by atoms with Crippen LogP contribution in [0.3, 0.4) is 0 Å². The van der Waals surface area contributed by atoms with Crippen LogP contribution in [0.1, 0.15) is 5.76 Å². The summed E-state index contributed by atoms with van der Waals surface area (Å²) in [5.41, 5.74) is 5.30. The van der Waals surface area contributed by atoms with E-state index >= 15 is 0 Å². The summed E-state index contributed by atoms with van der Waals surface area (Å²) in [6.45, 7) is 1.98. The molecule has 0 atom stereocenters. The summed E-state index contributed by atoms with van der Waals surface area (Å²) >= 11 is 1.81. The van der Waals surface area contributed by atoms with Gasteiger partial charge in [-0.2, -0.15) is 0 Å². The lowest BCUT2D eigenvalue weighted by Gasteiger charge is -2.10. The molecule has 0 unspecified atom stereocenters. The van der Waals surface area contributed by atoms with Crippen LogP contribution in [-0.4, -0.2) is 12.3 Å². The number of hydrogen-bond acceptors (Lipinski definition) is 4. The maximum absolute atomic E-state index is 5.70. The van der Waals surface area contributed by atoms with E-state index in [0.29, 0.717) is 0 Å². The van der Waals surface area contributed by atoms with Crippen molar-refractivity contribution in [1.29, 1.82) is 0 Å². The molecule has 0 bridgehead atoms. The van der Waals surface area contributed by atoms with Gasteiger partial charge in [0.1, 0.15) is 17.2 Å². The van der Waals surface area contributed by atoms with Gasteiger partial charge in [0.15, 0.2) is 0 Å². The van der Waals surface area contributed by atoms with Crippen LogP contribution in [0.15, 0.2) is 71.3 Å². The first-order valence-corrected chi connectivity index (χ1v) is 9.58. The molecule has 0 saturated heterocycles. The lowest BCUT2D eigenvalue weighted by molar-refractivity contribution is 0.382. The molecule has 0 saturated carbocycles.